The molecule has 23 heavy (non-hydrogen) atoms. The summed E-state index contributed by atoms with van der Waals surface area (Å²) in [4.78, 5) is 24.2. The van der Waals surface area contributed by atoms with E-state index in [1.807, 2.05) is 0 Å². The van der Waals surface area contributed by atoms with Crippen molar-refractivity contribution in [1.82, 2.24) is 0 Å². The molecule has 3 N–H and O–H groups in total. The lowest BCUT2D eigenvalue weighted by Crippen LogP contribution is -2.51. The monoisotopic (exact) mass is 310 g/mol. The van der Waals surface area contributed by atoms with Crippen LogP contribution in [-0.2, 0) is 15.0 Å². The molecular formula is C18H14O5. The van der Waals surface area contributed by atoms with Crippen LogP contribution in [0.5, 0.6) is 0 Å². The molecule has 116 valence electrons. The van der Waals surface area contributed by atoms with Crippen LogP contribution in [0.25, 0.3) is 0 Å². The van der Waals surface area contributed by atoms with Crippen LogP contribution >= 0.6 is 0 Å². The van der Waals surface area contributed by atoms with Gasteiger partial charge in [0, 0.05) is 5.92 Å². The molecule has 0 amide bonds. The van der Waals surface area contributed by atoms with E-state index in [9.17, 15) is 24.9 Å². The van der Waals surface area contributed by atoms with Crippen molar-refractivity contribution in [2.45, 2.75) is 17.4 Å². The van der Waals surface area contributed by atoms with E-state index >= 15 is 0 Å². The highest BCUT2D eigenvalue weighted by Gasteiger charge is 2.67. The number of benzene rings is 2. The standard InChI is InChI=1S/C18H14O5/c19-15-10-6-2-1-5-9(10)13-11-7-3-4-8-12(11)18(15,17(22)23)14(13)16(20)21/h1-8,13-15,19H,(H,20,21)(H,22,23)/t13-,14+,15-,18+/m1/s1. The van der Waals surface area contributed by atoms with E-state index in [4.69, 9.17) is 0 Å². The predicted molar refractivity (Wildman–Crippen MR) is 80.1 cm³/mol. The van der Waals surface area contributed by atoms with Gasteiger partial charge in [0.2, 0.25) is 0 Å². The Labute approximate surface area is 131 Å². The fourth-order valence-electron chi connectivity index (χ4n) is 4.41. The first-order valence-corrected chi connectivity index (χ1v) is 7.33. The number of rotatable bonds is 2. The third kappa shape index (κ3) is 1.45. The molecule has 2 aliphatic rings. The lowest BCUT2D eigenvalue weighted by atomic mass is 9.61. The summed E-state index contributed by atoms with van der Waals surface area (Å²) in [6, 6.07) is 13.8. The zero-order valence-corrected chi connectivity index (χ0v) is 12.0. The number of aliphatic hydroxyl groups is 1. The van der Waals surface area contributed by atoms with Gasteiger partial charge in [-0.05, 0) is 22.3 Å². The van der Waals surface area contributed by atoms with Crippen molar-refractivity contribution in [2.24, 2.45) is 5.92 Å². The van der Waals surface area contributed by atoms with E-state index < -0.39 is 35.3 Å². The first kappa shape index (κ1) is 14.0. The molecule has 0 fully saturated rings. The summed E-state index contributed by atoms with van der Waals surface area (Å²) < 4.78 is 0. The van der Waals surface area contributed by atoms with Crippen molar-refractivity contribution >= 4 is 11.9 Å². The van der Waals surface area contributed by atoms with Crippen molar-refractivity contribution in [3.63, 3.8) is 0 Å². The smallest absolute Gasteiger partial charge is 0.318 e. The number of carboxylic acid groups (broad SMARTS) is 2. The molecule has 0 aliphatic heterocycles. The lowest BCUT2D eigenvalue weighted by Gasteiger charge is -2.41. The Morgan fingerprint density at radius 1 is 0.870 bits per heavy atom. The molecule has 0 unspecified atom stereocenters. The summed E-state index contributed by atoms with van der Waals surface area (Å²) in [5, 5.41) is 30.6. The molecule has 0 saturated carbocycles. The van der Waals surface area contributed by atoms with Crippen LogP contribution in [0.1, 0.15) is 34.3 Å². The molecule has 2 bridgehead atoms. The van der Waals surface area contributed by atoms with Gasteiger partial charge in [-0.25, -0.2) is 0 Å². The van der Waals surface area contributed by atoms with Gasteiger partial charge < -0.3 is 15.3 Å². The molecule has 0 radical (unpaired) electrons. The molecule has 2 aromatic carbocycles. The zero-order valence-electron chi connectivity index (χ0n) is 12.0. The third-order valence-electron chi connectivity index (χ3n) is 5.24. The SMILES string of the molecule is O=C(O)[C@@H]1[C@@H]2c3ccccc3[C@@H](O)[C@]1(C(=O)O)c1ccccc12. The first-order valence-electron chi connectivity index (χ1n) is 7.33. The average molecular weight is 310 g/mol. The summed E-state index contributed by atoms with van der Waals surface area (Å²) >= 11 is 0. The number of hydrogen-bond donors (Lipinski definition) is 3. The van der Waals surface area contributed by atoms with E-state index in [0.717, 1.165) is 0 Å². The Morgan fingerprint density at radius 2 is 1.43 bits per heavy atom. The van der Waals surface area contributed by atoms with Crippen LogP contribution in [0.2, 0.25) is 0 Å². The van der Waals surface area contributed by atoms with Gasteiger partial charge in [0.05, 0.1) is 5.92 Å². The normalized spacial score (nSPS) is 30.4. The maximum atomic E-state index is 12.2. The Morgan fingerprint density at radius 3 is 2.04 bits per heavy atom. The minimum Gasteiger partial charge on any atom is -0.481 e. The van der Waals surface area contributed by atoms with Gasteiger partial charge in [0.25, 0.3) is 0 Å². The highest BCUT2D eigenvalue weighted by molar-refractivity contribution is 5.94. The topological polar surface area (TPSA) is 94.8 Å². The molecule has 5 nitrogen and oxygen atoms in total. The minimum atomic E-state index is -1.86. The van der Waals surface area contributed by atoms with Crippen LogP contribution in [0, 0.1) is 5.92 Å². The van der Waals surface area contributed by atoms with Gasteiger partial charge in [-0.2, -0.15) is 0 Å². The van der Waals surface area contributed by atoms with E-state index in [0.29, 0.717) is 22.3 Å². The van der Waals surface area contributed by atoms with E-state index in [2.05, 4.69) is 0 Å². The number of carboxylic acids is 2. The number of fused-ring (bicyclic) bond motifs is 7. The summed E-state index contributed by atoms with van der Waals surface area (Å²) in [6.07, 6.45) is -1.41. The minimum absolute atomic E-state index is 0.397. The maximum Gasteiger partial charge on any atom is 0.318 e. The number of hydrogen-bond acceptors (Lipinski definition) is 3. The molecule has 0 spiro atoms. The number of aliphatic carboxylic acids is 2. The molecule has 0 heterocycles. The summed E-state index contributed by atoms with van der Waals surface area (Å²) in [6.45, 7) is 0. The second-order valence-electron chi connectivity index (χ2n) is 6.09. The van der Waals surface area contributed by atoms with Gasteiger partial charge in [-0.3, -0.25) is 9.59 Å². The van der Waals surface area contributed by atoms with Crippen molar-refractivity contribution in [2.75, 3.05) is 0 Å². The Balaban J connectivity index is 2.16. The second kappa shape index (κ2) is 4.43. The van der Waals surface area contributed by atoms with Gasteiger partial charge in [0.15, 0.2) is 0 Å². The van der Waals surface area contributed by atoms with Crippen LogP contribution in [0.3, 0.4) is 0 Å². The highest BCUT2D eigenvalue weighted by Crippen LogP contribution is 2.63. The van der Waals surface area contributed by atoms with E-state index in [-0.39, 0.29) is 0 Å². The van der Waals surface area contributed by atoms with Gasteiger partial charge in [0.1, 0.15) is 11.5 Å². The Bertz CT molecular complexity index is 843. The van der Waals surface area contributed by atoms with Crippen molar-refractivity contribution in [3.05, 3.63) is 70.8 Å². The molecular weight excluding hydrogens is 296 g/mol. The van der Waals surface area contributed by atoms with Gasteiger partial charge >= 0.3 is 11.9 Å². The molecule has 5 heteroatoms. The largest absolute Gasteiger partial charge is 0.481 e. The molecule has 4 atom stereocenters. The third-order valence-corrected chi connectivity index (χ3v) is 5.24. The lowest BCUT2D eigenvalue weighted by molar-refractivity contribution is -0.163. The molecule has 0 aromatic heterocycles. The van der Waals surface area contributed by atoms with E-state index in [1.54, 1.807) is 48.5 Å². The van der Waals surface area contributed by atoms with Crippen LogP contribution < -0.4 is 0 Å². The zero-order chi connectivity index (χ0) is 16.4. The van der Waals surface area contributed by atoms with Crippen molar-refractivity contribution < 1.29 is 24.9 Å². The Hall–Kier alpha value is -2.66. The summed E-state index contributed by atoms with van der Waals surface area (Å²) in [7, 11) is 0. The number of aliphatic hydroxyl groups excluding tert-OH is 1. The van der Waals surface area contributed by atoms with Crippen LogP contribution in [0.4, 0.5) is 0 Å². The second-order valence-corrected chi connectivity index (χ2v) is 6.09. The Kier molecular flexibility index (Phi) is 2.69. The van der Waals surface area contributed by atoms with Gasteiger partial charge in [-0.15, -0.1) is 0 Å². The molecule has 0 saturated heterocycles. The van der Waals surface area contributed by atoms with Crippen LogP contribution in [0.15, 0.2) is 48.5 Å². The first-order chi connectivity index (χ1) is 11.0. The number of carbonyl (C=O) groups is 2. The molecule has 2 aromatic rings. The van der Waals surface area contributed by atoms with Crippen molar-refractivity contribution in [1.29, 1.82) is 0 Å². The van der Waals surface area contributed by atoms with E-state index in [1.165, 1.54) is 0 Å². The highest BCUT2D eigenvalue weighted by atomic mass is 16.4. The predicted octanol–water partition coefficient (Wildman–Crippen LogP) is 1.90. The summed E-state index contributed by atoms with van der Waals surface area (Å²) in [5.41, 5.74) is 0.393. The quantitative estimate of drug-likeness (QED) is 0.787. The van der Waals surface area contributed by atoms with Gasteiger partial charge in [-0.1, -0.05) is 48.5 Å². The average Bonchev–Trinajstić information content (AvgIpc) is 2.82. The fraction of sp³-hybridized carbons (Fsp3) is 0.222. The maximum absolute atomic E-state index is 12.2. The van der Waals surface area contributed by atoms with Crippen molar-refractivity contribution in [3.8, 4) is 0 Å². The summed E-state index contributed by atoms with van der Waals surface area (Å²) in [5.74, 6) is -4.31. The van der Waals surface area contributed by atoms with Crippen LogP contribution in [-0.4, -0.2) is 27.3 Å². The fourth-order valence-corrected chi connectivity index (χ4v) is 4.41. The molecule has 2 aliphatic carbocycles. The molecule has 4 rings (SSSR count).